The first-order chi connectivity index (χ1) is 15.5. The van der Waals surface area contributed by atoms with Crippen LogP contribution < -0.4 is 21.3 Å². The first-order valence-corrected chi connectivity index (χ1v) is 11.7. The Morgan fingerprint density at radius 1 is 0.969 bits per heavy atom. The Balaban J connectivity index is 1.58. The maximum Gasteiger partial charge on any atom is 0.233 e. The van der Waals surface area contributed by atoms with Gasteiger partial charge in [-0.3, -0.25) is 0 Å². The topological polar surface area (TPSA) is 112 Å². The minimum Gasteiger partial charge on any atom is -0.505 e. The maximum atomic E-state index is 13.8. The molecule has 2 aliphatic carbocycles. The van der Waals surface area contributed by atoms with E-state index in [1.165, 1.54) is 37.8 Å². The van der Waals surface area contributed by atoms with Crippen molar-refractivity contribution in [2.24, 2.45) is 5.73 Å². The summed E-state index contributed by atoms with van der Waals surface area (Å²) in [5.41, 5.74) is 6.54. The molecule has 0 atom stereocenters. The molecule has 5 N–H and O–H groups in total. The van der Waals surface area contributed by atoms with Crippen molar-refractivity contribution in [1.82, 2.24) is 15.0 Å². The molecule has 0 bridgehead atoms. The number of anilines is 4. The summed E-state index contributed by atoms with van der Waals surface area (Å²) >= 11 is 0. The van der Waals surface area contributed by atoms with Gasteiger partial charge in [0.15, 0.2) is 11.6 Å². The zero-order valence-electron chi connectivity index (χ0n) is 18.7. The van der Waals surface area contributed by atoms with E-state index in [1.54, 1.807) is 6.07 Å². The lowest BCUT2D eigenvalue weighted by atomic mass is 9.91. The second kappa shape index (κ2) is 10.3. The standard InChI is InChI=1S/C23H34FN7O/c1-31(18-11-8-15(25)9-12-18)23-29-21(26-16-6-4-2-3-5-7-16)28-22(30-23)27-17-10-13-20(32)19(24)14-17/h10,13-16,18,32H,2-9,11-12,25H2,1H3,(H2,26,27,28,29,30). The van der Waals surface area contributed by atoms with E-state index in [1.807, 2.05) is 7.05 Å². The zero-order valence-corrected chi connectivity index (χ0v) is 18.7. The molecule has 0 saturated heterocycles. The van der Waals surface area contributed by atoms with Gasteiger partial charge in [-0.05, 0) is 50.7 Å². The van der Waals surface area contributed by atoms with Gasteiger partial charge in [0.2, 0.25) is 17.8 Å². The SMILES string of the molecule is CN(c1nc(Nc2ccc(O)c(F)c2)nc(NC2CCCCCC2)n1)C1CCC(N)CC1. The van der Waals surface area contributed by atoms with Gasteiger partial charge in [0, 0.05) is 36.9 Å². The van der Waals surface area contributed by atoms with Crippen molar-refractivity contribution in [2.75, 3.05) is 22.6 Å². The number of nitrogens with zero attached hydrogens (tertiary/aromatic N) is 4. The summed E-state index contributed by atoms with van der Waals surface area (Å²) in [6.45, 7) is 0. The fourth-order valence-corrected chi connectivity index (χ4v) is 4.62. The molecule has 2 aromatic rings. The van der Waals surface area contributed by atoms with E-state index in [0.717, 1.165) is 38.5 Å². The fraction of sp³-hybridized carbons (Fsp3) is 0.609. The molecule has 4 rings (SSSR count). The molecule has 1 heterocycles. The third kappa shape index (κ3) is 5.76. The van der Waals surface area contributed by atoms with Crippen LogP contribution in [0.15, 0.2) is 18.2 Å². The molecule has 0 radical (unpaired) electrons. The largest absolute Gasteiger partial charge is 0.505 e. The molecule has 2 fully saturated rings. The van der Waals surface area contributed by atoms with E-state index < -0.39 is 11.6 Å². The summed E-state index contributed by atoms with van der Waals surface area (Å²) in [5, 5.41) is 16.0. The van der Waals surface area contributed by atoms with Crippen LogP contribution in [0.1, 0.15) is 64.2 Å². The summed E-state index contributed by atoms with van der Waals surface area (Å²) in [4.78, 5) is 16.0. The number of nitrogens with one attached hydrogen (secondary N) is 2. The van der Waals surface area contributed by atoms with Crippen LogP contribution >= 0.6 is 0 Å². The van der Waals surface area contributed by atoms with Gasteiger partial charge in [0.05, 0.1) is 0 Å². The highest BCUT2D eigenvalue weighted by Crippen LogP contribution is 2.27. The summed E-state index contributed by atoms with van der Waals surface area (Å²) in [7, 11) is 2.01. The average Bonchev–Trinajstić information content (AvgIpc) is 3.05. The van der Waals surface area contributed by atoms with Gasteiger partial charge in [-0.15, -0.1) is 0 Å². The van der Waals surface area contributed by atoms with Crippen LogP contribution in [0.4, 0.5) is 27.9 Å². The van der Waals surface area contributed by atoms with Crippen molar-refractivity contribution >= 4 is 23.5 Å². The molecular weight excluding hydrogens is 409 g/mol. The van der Waals surface area contributed by atoms with Crippen molar-refractivity contribution < 1.29 is 9.50 Å². The van der Waals surface area contributed by atoms with Crippen LogP contribution in [-0.2, 0) is 0 Å². The third-order valence-corrected chi connectivity index (χ3v) is 6.62. The van der Waals surface area contributed by atoms with Crippen molar-refractivity contribution in [3.63, 3.8) is 0 Å². The van der Waals surface area contributed by atoms with Crippen LogP contribution in [0.25, 0.3) is 0 Å². The van der Waals surface area contributed by atoms with Gasteiger partial charge < -0.3 is 26.4 Å². The third-order valence-electron chi connectivity index (χ3n) is 6.62. The predicted molar refractivity (Wildman–Crippen MR) is 125 cm³/mol. The zero-order chi connectivity index (χ0) is 22.5. The molecule has 0 aliphatic heterocycles. The summed E-state index contributed by atoms with van der Waals surface area (Å²) in [6, 6.07) is 5.05. The predicted octanol–water partition coefficient (Wildman–Crippen LogP) is 4.30. The number of hydrogen-bond acceptors (Lipinski definition) is 8. The molecule has 1 aromatic carbocycles. The van der Waals surface area contributed by atoms with Gasteiger partial charge >= 0.3 is 0 Å². The molecule has 2 aliphatic rings. The van der Waals surface area contributed by atoms with Gasteiger partial charge in [0.1, 0.15) is 0 Å². The highest BCUT2D eigenvalue weighted by molar-refractivity contribution is 5.57. The normalized spacial score (nSPS) is 22.2. The lowest BCUT2D eigenvalue weighted by Gasteiger charge is -2.33. The number of halogens is 1. The van der Waals surface area contributed by atoms with E-state index in [0.29, 0.717) is 35.6 Å². The second-order valence-corrected chi connectivity index (χ2v) is 9.09. The maximum absolute atomic E-state index is 13.8. The Hall–Kier alpha value is -2.68. The van der Waals surface area contributed by atoms with Crippen LogP contribution in [0.3, 0.4) is 0 Å². The summed E-state index contributed by atoms with van der Waals surface area (Å²) < 4.78 is 13.8. The van der Waals surface area contributed by atoms with Gasteiger partial charge in [-0.1, -0.05) is 25.7 Å². The Bertz CT molecular complexity index is 896. The highest BCUT2D eigenvalue weighted by atomic mass is 19.1. The van der Waals surface area contributed by atoms with Crippen molar-refractivity contribution in [3.05, 3.63) is 24.0 Å². The number of aromatic hydroxyl groups is 1. The highest BCUT2D eigenvalue weighted by Gasteiger charge is 2.25. The average molecular weight is 444 g/mol. The first-order valence-electron chi connectivity index (χ1n) is 11.7. The van der Waals surface area contributed by atoms with Crippen molar-refractivity contribution in [2.45, 2.75) is 82.3 Å². The Morgan fingerprint density at radius 3 is 2.34 bits per heavy atom. The Kier molecular flexibility index (Phi) is 7.24. The van der Waals surface area contributed by atoms with Crippen LogP contribution in [0.2, 0.25) is 0 Å². The van der Waals surface area contributed by atoms with E-state index >= 15 is 0 Å². The van der Waals surface area contributed by atoms with Crippen LogP contribution in [0.5, 0.6) is 5.75 Å². The fourth-order valence-electron chi connectivity index (χ4n) is 4.62. The molecule has 0 unspecified atom stereocenters. The molecule has 174 valence electrons. The number of phenolic OH excluding ortho intramolecular Hbond substituents is 1. The molecule has 32 heavy (non-hydrogen) atoms. The van der Waals surface area contributed by atoms with E-state index in [4.69, 9.17) is 10.7 Å². The molecule has 0 amide bonds. The molecule has 8 nitrogen and oxygen atoms in total. The monoisotopic (exact) mass is 443 g/mol. The molecule has 9 heteroatoms. The lowest BCUT2D eigenvalue weighted by molar-refractivity contribution is 0.382. The minimum absolute atomic E-state index is 0.270. The van der Waals surface area contributed by atoms with Crippen LogP contribution in [0, 0.1) is 5.82 Å². The number of nitrogens with two attached hydrogens (primary N) is 1. The number of rotatable bonds is 6. The number of aromatic nitrogens is 3. The second-order valence-electron chi connectivity index (χ2n) is 9.09. The molecule has 0 spiro atoms. The first kappa shape index (κ1) is 22.5. The molecular formula is C23H34FN7O. The van der Waals surface area contributed by atoms with Gasteiger partial charge in [0.25, 0.3) is 0 Å². The van der Waals surface area contributed by atoms with E-state index in [2.05, 4.69) is 25.5 Å². The lowest BCUT2D eigenvalue weighted by Crippen LogP contribution is -2.39. The molecule has 1 aromatic heterocycles. The quantitative estimate of drug-likeness (QED) is 0.386. The summed E-state index contributed by atoms with van der Waals surface area (Å²) in [6.07, 6.45) is 11.1. The minimum atomic E-state index is -0.697. The summed E-state index contributed by atoms with van der Waals surface area (Å²) in [5.74, 6) is 0.367. The van der Waals surface area contributed by atoms with Crippen molar-refractivity contribution in [3.8, 4) is 5.75 Å². The Morgan fingerprint density at radius 2 is 1.66 bits per heavy atom. The van der Waals surface area contributed by atoms with E-state index in [-0.39, 0.29) is 6.04 Å². The number of benzene rings is 1. The van der Waals surface area contributed by atoms with Gasteiger partial charge in [-0.25, -0.2) is 4.39 Å². The van der Waals surface area contributed by atoms with Crippen molar-refractivity contribution in [1.29, 1.82) is 0 Å². The number of hydrogen-bond donors (Lipinski definition) is 4. The number of phenols is 1. The Labute approximate surface area is 188 Å². The molecule has 2 saturated carbocycles. The smallest absolute Gasteiger partial charge is 0.233 e. The van der Waals surface area contributed by atoms with Crippen LogP contribution in [-0.4, -0.2) is 45.2 Å². The van der Waals surface area contributed by atoms with E-state index in [9.17, 15) is 9.50 Å². The van der Waals surface area contributed by atoms with Gasteiger partial charge in [-0.2, -0.15) is 15.0 Å².